The molecule has 2 N–H and O–H groups in total. The van der Waals surface area contributed by atoms with E-state index in [0.29, 0.717) is 17.9 Å². The molecule has 1 aromatic heterocycles. The lowest BCUT2D eigenvalue weighted by atomic mass is 10.1. The van der Waals surface area contributed by atoms with Gasteiger partial charge in [-0.15, -0.1) is 0 Å². The monoisotopic (exact) mass is 348 g/mol. The van der Waals surface area contributed by atoms with Crippen molar-refractivity contribution in [2.24, 2.45) is 0 Å². The molecule has 1 heterocycles. The van der Waals surface area contributed by atoms with Crippen LogP contribution in [0.5, 0.6) is 0 Å². The van der Waals surface area contributed by atoms with E-state index < -0.39 is 17.8 Å². The molecule has 0 fully saturated rings. The summed E-state index contributed by atoms with van der Waals surface area (Å²) in [6, 6.07) is 5.59. The Balaban J connectivity index is 2.16. The van der Waals surface area contributed by atoms with Crippen molar-refractivity contribution < 1.29 is 23.5 Å². The summed E-state index contributed by atoms with van der Waals surface area (Å²) in [5, 5.41) is 6.03. The molecule has 2 rings (SSSR count). The molecule has 2 aromatic rings. The van der Waals surface area contributed by atoms with Crippen molar-refractivity contribution in [3.05, 3.63) is 35.1 Å². The first-order valence-corrected chi connectivity index (χ1v) is 8.02. The Morgan fingerprint density at radius 3 is 2.56 bits per heavy atom. The smallest absolute Gasteiger partial charge is 0.407 e. The van der Waals surface area contributed by atoms with E-state index in [9.17, 15) is 9.59 Å². The number of alkyl carbamates (subject to hydrolysis) is 2. The third kappa shape index (κ3) is 4.89. The first kappa shape index (κ1) is 18.6. The number of carbonyl (C=O) groups is 2. The number of nitrogens with one attached hydrogen (secondary N) is 2. The number of fused-ring (bicyclic) bond motifs is 1. The minimum absolute atomic E-state index is 0.0408. The van der Waals surface area contributed by atoms with Gasteiger partial charge >= 0.3 is 12.2 Å². The van der Waals surface area contributed by atoms with E-state index >= 15 is 0 Å². The highest BCUT2D eigenvalue weighted by atomic mass is 16.6. The van der Waals surface area contributed by atoms with Crippen LogP contribution in [0.25, 0.3) is 11.0 Å². The van der Waals surface area contributed by atoms with Gasteiger partial charge in [-0.3, -0.25) is 0 Å². The quantitative estimate of drug-likeness (QED) is 0.881. The van der Waals surface area contributed by atoms with Crippen LogP contribution in [0.3, 0.4) is 0 Å². The third-order valence-electron chi connectivity index (χ3n) is 3.50. The van der Waals surface area contributed by atoms with E-state index in [-0.39, 0.29) is 6.61 Å². The fraction of sp³-hybridized carbons (Fsp3) is 0.444. The van der Waals surface area contributed by atoms with Crippen LogP contribution >= 0.6 is 0 Å². The third-order valence-corrected chi connectivity index (χ3v) is 3.50. The Bertz CT molecular complexity index is 774. The zero-order valence-electron chi connectivity index (χ0n) is 15.2. The van der Waals surface area contributed by atoms with Crippen LogP contribution < -0.4 is 10.6 Å². The number of hydrogen-bond donors (Lipinski definition) is 2. The molecule has 0 atom stereocenters. The number of ether oxygens (including phenoxy) is 2. The molecule has 0 aliphatic rings. The van der Waals surface area contributed by atoms with Gasteiger partial charge in [0.05, 0.1) is 0 Å². The first-order chi connectivity index (χ1) is 11.7. The van der Waals surface area contributed by atoms with Crippen LogP contribution in [0.4, 0.5) is 9.59 Å². The first-order valence-electron chi connectivity index (χ1n) is 8.02. The number of amides is 2. The topological polar surface area (TPSA) is 89.8 Å². The average Bonchev–Trinajstić information content (AvgIpc) is 2.86. The predicted molar refractivity (Wildman–Crippen MR) is 93.3 cm³/mol. The second kappa shape index (κ2) is 7.46. The molecule has 1 aromatic carbocycles. The largest absolute Gasteiger partial charge is 0.457 e. The van der Waals surface area contributed by atoms with Crippen molar-refractivity contribution in [2.75, 3.05) is 7.05 Å². The lowest BCUT2D eigenvalue weighted by Gasteiger charge is -2.19. The number of benzene rings is 1. The summed E-state index contributed by atoms with van der Waals surface area (Å²) < 4.78 is 16.1. The molecule has 0 aliphatic carbocycles. The van der Waals surface area contributed by atoms with Crippen molar-refractivity contribution in [3.63, 3.8) is 0 Å². The van der Waals surface area contributed by atoms with Gasteiger partial charge in [0.15, 0.2) is 6.61 Å². The zero-order valence-corrected chi connectivity index (χ0v) is 15.2. The summed E-state index contributed by atoms with van der Waals surface area (Å²) in [6.07, 6.45) is -1.000. The van der Waals surface area contributed by atoms with E-state index in [4.69, 9.17) is 13.9 Å². The molecule has 7 nitrogen and oxygen atoms in total. The summed E-state index contributed by atoms with van der Waals surface area (Å²) in [4.78, 5) is 23.1. The second-order valence-electron chi connectivity index (χ2n) is 6.62. The maximum Gasteiger partial charge on any atom is 0.407 e. The molecule has 0 radical (unpaired) electrons. The van der Waals surface area contributed by atoms with Crippen LogP contribution in [-0.4, -0.2) is 24.8 Å². The molecule has 0 bridgehead atoms. The summed E-state index contributed by atoms with van der Waals surface area (Å²) in [6.45, 7) is 7.68. The van der Waals surface area contributed by atoms with Gasteiger partial charge in [-0.05, 0) is 39.3 Å². The minimum Gasteiger partial charge on any atom is -0.457 e. The maximum atomic E-state index is 11.8. The standard InChI is InChI=1S/C18H24N2O5/c1-11-14(10-23-16(21)19-5)24-13-8-6-7-12(15(11)13)9-20-17(22)25-18(2,3)4/h6-8H,9-10H2,1-5H3,(H,19,21)(H,20,22). The summed E-state index contributed by atoms with van der Waals surface area (Å²) in [5.74, 6) is 0.573. The number of carbonyl (C=O) groups excluding carboxylic acids is 2. The number of hydrogen-bond acceptors (Lipinski definition) is 5. The van der Waals surface area contributed by atoms with Crippen molar-refractivity contribution >= 4 is 23.2 Å². The molecule has 0 saturated carbocycles. The van der Waals surface area contributed by atoms with Gasteiger partial charge in [-0.2, -0.15) is 0 Å². The van der Waals surface area contributed by atoms with Gasteiger partial charge in [-0.25, -0.2) is 9.59 Å². The van der Waals surface area contributed by atoms with Gasteiger partial charge in [0.2, 0.25) is 0 Å². The Morgan fingerprint density at radius 1 is 1.20 bits per heavy atom. The molecule has 0 spiro atoms. The van der Waals surface area contributed by atoms with Crippen LogP contribution in [0.1, 0.15) is 37.7 Å². The molecular weight excluding hydrogens is 324 g/mol. The van der Waals surface area contributed by atoms with E-state index in [2.05, 4.69) is 10.6 Å². The normalized spacial score (nSPS) is 11.2. The van der Waals surface area contributed by atoms with Crippen LogP contribution in [-0.2, 0) is 22.6 Å². The van der Waals surface area contributed by atoms with Gasteiger partial charge in [0, 0.05) is 24.5 Å². The molecular formula is C18H24N2O5. The predicted octanol–water partition coefficient (Wildman–Crippen LogP) is 3.62. The molecule has 2 amide bonds. The van der Waals surface area contributed by atoms with Gasteiger partial charge in [-0.1, -0.05) is 12.1 Å². The SMILES string of the molecule is CNC(=O)OCc1oc2cccc(CNC(=O)OC(C)(C)C)c2c1C. The maximum absolute atomic E-state index is 11.8. The minimum atomic E-state index is -0.550. The number of furan rings is 1. The summed E-state index contributed by atoms with van der Waals surface area (Å²) in [5.41, 5.74) is 1.90. The van der Waals surface area contributed by atoms with Crippen molar-refractivity contribution in [1.82, 2.24) is 10.6 Å². The van der Waals surface area contributed by atoms with Crippen molar-refractivity contribution in [1.29, 1.82) is 0 Å². The highest BCUT2D eigenvalue weighted by Crippen LogP contribution is 2.29. The van der Waals surface area contributed by atoms with E-state index in [1.807, 2.05) is 45.9 Å². The molecule has 25 heavy (non-hydrogen) atoms. The molecule has 0 aliphatic heterocycles. The van der Waals surface area contributed by atoms with E-state index in [1.54, 1.807) is 0 Å². The zero-order chi connectivity index (χ0) is 18.6. The Labute approximate surface area is 146 Å². The number of rotatable bonds is 4. The fourth-order valence-corrected chi connectivity index (χ4v) is 2.41. The second-order valence-corrected chi connectivity index (χ2v) is 6.62. The summed E-state index contributed by atoms with van der Waals surface area (Å²) in [7, 11) is 1.49. The Kier molecular flexibility index (Phi) is 5.56. The highest BCUT2D eigenvalue weighted by Gasteiger charge is 2.18. The lowest BCUT2D eigenvalue weighted by molar-refractivity contribution is 0.0523. The summed E-state index contributed by atoms with van der Waals surface area (Å²) >= 11 is 0. The Morgan fingerprint density at radius 2 is 1.92 bits per heavy atom. The highest BCUT2D eigenvalue weighted by molar-refractivity contribution is 5.86. The van der Waals surface area contributed by atoms with Crippen LogP contribution in [0, 0.1) is 6.92 Å². The molecule has 136 valence electrons. The lowest BCUT2D eigenvalue weighted by Crippen LogP contribution is -2.32. The van der Waals surface area contributed by atoms with Crippen LogP contribution in [0.15, 0.2) is 22.6 Å². The number of aryl methyl sites for hydroxylation is 1. The average molecular weight is 348 g/mol. The van der Waals surface area contributed by atoms with E-state index in [0.717, 1.165) is 16.5 Å². The van der Waals surface area contributed by atoms with Gasteiger partial charge in [0.25, 0.3) is 0 Å². The van der Waals surface area contributed by atoms with Gasteiger partial charge < -0.3 is 24.5 Å². The van der Waals surface area contributed by atoms with Crippen molar-refractivity contribution in [2.45, 2.75) is 46.4 Å². The molecule has 7 heteroatoms. The molecule has 0 unspecified atom stereocenters. The Hall–Kier alpha value is -2.70. The van der Waals surface area contributed by atoms with Gasteiger partial charge in [0.1, 0.15) is 16.9 Å². The van der Waals surface area contributed by atoms with Crippen molar-refractivity contribution in [3.8, 4) is 0 Å². The fourth-order valence-electron chi connectivity index (χ4n) is 2.41. The van der Waals surface area contributed by atoms with Crippen LogP contribution in [0.2, 0.25) is 0 Å². The van der Waals surface area contributed by atoms with E-state index in [1.165, 1.54) is 7.05 Å². The molecule has 0 saturated heterocycles.